The quantitative estimate of drug-likeness (QED) is 0.157. The van der Waals surface area contributed by atoms with Crippen LogP contribution >= 0.6 is 0 Å². The second kappa shape index (κ2) is 14.4. The van der Waals surface area contributed by atoms with Crippen molar-refractivity contribution in [3.8, 4) is 0 Å². The van der Waals surface area contributed by atoms with Crippen LogP contribution in [0.15, 0.2) is 109 Å². The number of ether oxygens (including phenoxy) is 2. The van der Waals surface area contributed by atoms with Crippen LogP contribution in [0.25, 0.3) is 0 Å². The molecular formula is C41H50N2O4. The Hall–Kier alpha value is -4.00. The lowest BCUT2D eigenvalue weighted by Crippen LogP contribution is -2.80. The van der Waals surface area contributed by atoms with Crippen molar-refractivity contribution in [3.63, 3.8) is 0 Å². The van der Waals surface area contributed by atoms with Crippen LogP contribution < -0.4 is 11.1 Å². The van der Waals surface area contributed by atoms with Crippen molar-refractivity contribution >= 4 is 11.9 Å². The number of nitrogens with two attached hydrogens (primary N) is 1. The van der Waals surface area contributed by atoms with E-state index in [9.17, 15) is 9.59 Å². The van der Waals surface area contributed by atoms with Gasteiger partial charge < -0.3 is 20.5 Å². The van der Waals surface area contributed by atoms with Crippen LogP contribution in [0.1, 0.15) is 85.2 Å². The largest absolute Gasteiger partial charge is 0.454 e. The lowest BCUT2D eigenvalue weighted by Gasteiger charge is -2.67. The molecule has 5 rings (SSSR count). The normalized spacial score (nSPS) is 28.7. The molecule has 3 unspecified atom stereocenters. The molecule has 1 fully saturated rings. The van der Waals surface area contributed by atoms with Crippen molar-refractivity contribution in [2.45, 2.75) is 89.5 Å². The molecule has 0 amide bonds. The van der Waals surface area contributed by atoms with Gasteiger partial charge in [0.2, 0.25) is 0 Å². The van der Waals surface area contributed by atoms with Crippen LogP contribution in [0.5, 0.6) is 0 Å². The van der Waals surface area contributed by atoms with Crippen LogP contribution in [-0.2, 0) is 14.9 Å². The molecular weight excluding hydrogens is 584 g/mol. The molecule has 248 valence electrons. The monoisotopic (exact) mass is 634 g/mol. The van der Waals surface area contributed by atoms with Gasteiger partial charge in [-0.15, -0.1) is 0 Å². The van der Waals surface area contributed by atoms with Crippen molar-refractivity contribution in [2.24, 2.45) is 17.1 Å². The zero-order valence-electron chi connectivity index (χ0n) is 28.4. The molecule has 2 aliphatic carbocycles. The van der Waals surface area contributed by atoms with Gasteiger partial charge in [-0.3, -0.25) is 0 Å². The van der Waals surface area contributed by atoms with Gasteiger partial charge in [0.1, 0.15) is 0 Å². The number of carbonyl (C=O) groups is 2. The summed E-state index contributed by atoms with van der Waals surface area (Å²) in [5.41, 5.74) is 7.94. The summed E-state index contributed by atoms with van der Waals surface area (Å²) >= 11 is 0. The molecule has 2 aliphatic rings. The third-order valence-corrected chi connectivity index (χ3v) is 10.8. The van der Waals surface area contributed by atoms with E-state index in [0.717, 1.165) is 30.4 Å². The van der Waals surface area contributed by atoms with Crippen molar-refractivity contribution in [1.82, 2.24) is 5.32 Å². The second-order valence-corrected chi connectivity index (χ2v) is 13.5. The molecule has 6 nitrogen and oxygen atoms in total. The van der Waals surface area contributed by atoms with E-state index in [1.807, 2.05) is 48.5 Å². The maximum atomic E-state index is 14.3. The molecule has 0 aromatic heterocycles. The van der Waals surface area contributed by atoms with Gasteiger partial charge in [0.25, 0.3) is 0 Å². The number of fused-ring (bicyclic) bond motifs is 1. The molecule has 6 heteroatoms. The van der Waals surface area contributed by atoms with Gasteiger partial charge in [0.05, 0.1) is 22.1 Å². The summed E-state index contributed by atoms with van der Waals surface area (Å²) in [5, 5.41) is 3.87. The van der Waals surface area contributed by atoms with E-state index in [1.165, 1.54) is 0 Å². The van der Waals surface area contributed by atoms with Crippen molar-refractivity contribution in [3.05, 3.63) is 131 Å². The zero-order chi connectivity index (χ0) is 33.7. The van der Waals surface area contributed by atoms with Crippen LogP contribution in [0.4, 0.5) is 0 Å². The molecule has 3 aromatic carbocycles. The highest BCUT2D eigenvalue weighted by Gasteiger charge is 2.72. The number of hydrogen-bond donors (Lipinski definition) is 2. The summed E-state index contributed by atoms with van der Waals surface area (Å²) in [6.07, 6.45) is 10.2. The van der Waals surface area contributed by atoms with E-state index in [0.29, 0.717) is 24.1 Å². The van der Waals surface area contributed by atoms with Gasteiger partial charge in [0.15, 0.2) is 12.2 Å². The maximum absolute atomic E-state index is 14.3. The van der Waals surface area contributed by atoms with Crippen LogP contribution in [0.2, 0.25) is 0 Å². The number of unbranched alkanes of at least 4 members (excludes halogenated alkanes) is 1. The van der Waals surface area contributed by atoms with Crippen LogP contribution in [0, 0.1) is 18.3 Å². The highest BCUT2D eigenvalue weighted by atomic mass is 16.6. The molecule has 47 heavy (non-hydrogen) atoms. The predicted octanol–water partition coefficient (Wildman–Crippen LogP) is 7.72. The lowest BCUT2D eigenvalue weighted by atomic mass is 9.42. The standard InChI is InChI=1S/C41H50N2O4/c1-6-8-28-43-40(5)35(46-37(44)30-21-11-9-12-22-30)36(47-38(45)31-23-13-10-14-24-31)41(34(42)19-7-2,32-25-16-15-20-29(32)3)33-26-17-18-27-39(33,40)4/h9-18,20-27,33-36,43H,6-8,19,28,42H2,1-5H3/t33?,34?,35-,36+,39?,40-,41+/m0/s1. The Balaban J connectivity index is 1.84. The van der Waals surface area contributed by atoms with Crippen LogP contribution in [0.3, 0.4) is 0 Å². The van der Waals surface area contributed by atoms with E-state index in [1.54, 1.807) is 24.3 Å². The third kappa shape index (κ3) is 6.10. The Morgan fingerprint density at radius 2 is 1.38 bits per heavy atom. The third-order valence-electron chi connectivity index (χ3n) is 10.8. The smallest absolute Gasteiger partial charge is 0.338 e. The molecule has 1 saturated carbocycles. The summed E-state index contributed by atoms with van der Waals surface area (Å²) in [6, 6.07) is 25.9. The zero-order valence-corrected chi connectivity index (χ0v) is 28.4. The summed E-state index contributed by atoms with van der Waals surface area (Å²) < 4.78 is 13.6. The molecule has 3 N–H and O–H groups in total. The molecule has 0 radical (unpaired) electrons. The van der Waals surface area contributed by atoms with Crippen molar-refractivity contribution < 1.29 is 19.1 Å². The first-order valence-corrected chi connectivity index (χ1v) is 17.1. The average Bonchev–Trinajstić information content (AvgIpc) is 3.08. The first-order chi connectivity index (χ1) is 22.6. The number of hydrogen-bond acceptors (Lipinski definition) is 6. The number of rotatable bonds is 12. The number of allylic oxidation sites excluding steroid dienone is 3. The fourth-order valence-electron chi connectivity index (χ4n) is 8.16. The summed E-state index contributed by atoms with van der Waals surface area (Å²) in [5.74, 6) is -1.17. The van der Waals surface area contributed by atoms with Gasteiger partial charge in [-0.25, -0.2) is 9.59 Å². The Morgan fingerprint density at radius 3 is 1.96 bits per heavy atom. The van der Waals surface area contributed by atoms with Gasteiger partial charge in [-0.2, -0.15) is 0 Å². The minimum atomic E-state index is -0.963. The maximum Gasteiger partial charge on any atom is 0.338 e. The van der Waals surface area contributed by atoms with E-state index < -0.39 is 46.6 Å². The number of aryl methyl sites for hydroxylation is 1. The lowest BCUT2D eigenvalue weighted by molar-refractivity contribution is -0.179. The molecule has 0 heterocycles. The van der Waals surface area contributed by atoms with Gasteiger partial charge in [0, 0.05) is 17.4 Å². The molecule has 0 saturated heterocycles. The van der Waals surface area contributed by atoms with Gasteiger partial charge in [-0.1, -0.05) is 119 Å². The summed E-state index contributed by atoms with van der Waals surface area (Å²) in [6.45, 7) is 11.4. The van der Waals surface area contributed by atoms with Crippen LogP contribution in [-0.4, -0.2) is 42.3 Å². The number of carbonyl (C=O) groups excluding carboxylic acids is 2. The molecule has 7 atom stereocenters. The predicted molar refractivity (Wildman–Crippen MR) is 188 cm³/mol. The van der Waals surface area contributed by atoms with Gasteiger partial charge >= 0.3 is 11.9 Å². The Morgan fingerprint density at radius 1 is 0.809 bits per heavy atom. The van der Waals surface area contributed by atoms with E-state index >= 15 is 0 Å². The van der Waals surface area contributed by atoms with Crippen molar-refractivity contribution in [2.75, 3.05) is 6.54 Å². The topological polar surface area (TPSA) is 90.6 Å². The van der Waals surface area contributed by atoms with E-state index in [4.69, 9.17) is 15.2 Å². The SMILES string of the molecule is CCCCN[C@@]1(C)[C@@H](OC(=O)c2ccccc2)[C@@H](OC(=O)c2ccccc2)[C@@](c2ccccc2C)(C(N)CCC)C2C=CC=CC21C. The number of nitrogens with one attached hydrogen (secondary N) is 1. The van der Waals surface area contributed by atoms with Gasteiger partial charge in [-0.05, 0) is 68.6 Å². The average molecular weight is 635 g/mol. The Kier molecular flexibility index (Phi) is 10.5. The van der Waals surface area contributed by atoms with E-state index in [-0.39, 0.29) is 5.92 Å². The van der Waals surface area contributed by atoms with E-state index in [2.05, 4.69) is 76.4 Å². The fourth-order valence-corrected chi connectivity index (χ4v) is 8.16. The fraction of sp³-hybridized carbons (Fsp3) is 0.415. The Bertz CT molecular complexity index is 1590. The molecule has 0 aliphatic heterocycles. The molecule has 0 bridgehead atoms. The first-order valence-electron chi connectivity index (χ1n) is 17.1. The highest BCUT2D eigenvalue weighted by molar-refractivity contribution is 5.90. The number of benzene rings is 3. The minimum Gasteiger partial charge on any atom is -0.454 e. The summed E-state index contributed by atoms with van der Waals surface area (Å²) in [7, 11) is 0. The first kappa shape index (κ1) is 34.3. The molecule has 3 aromatic rings. The highest BCUT2D eigenvalue weighted by Crippen LogP contribution is 2.62. The van der Waals surface area contributed by atoms with Crippen molar-refractivity contribution in [1.29, 1.82) is 0 Å². The summed E-state index contributed by atoms with van der Waals surface area (Å²) in [4.78, 5) is 28.4. The number of esters is 2. The Labute approximate surface area is 280 Å². The second-order valence-electron chi connectivity index (χ2n) is 13.5. The molecule has 0 spiro atoms. The minimum absolute atomic E-state index is 0.220.